The van der Waals surface area contributed by atoms with E-state index in [1.807, 2.05) is 4.90 Å². The second-order valence-electron chi connectivity index (χ2n) is 7.04. The third kappa shape index (κ3) is 3.97. The number of aryl methyl sites for hydroxylation is 1. The SMILES string of the molecule is COc1ccc(S(=O)(=O)[C@H]2CS(=O)(=O)C[C@@H]2N2CCN(C=O)CC2)cc1C. The minimum absolute atomic E-state index is 0.111. The molecule has 27 heavy (non-hydrogen) atoms. The van der Waals surface area contributed by atoms with E-state index in [9.17, 15) is 21.6 Å². The van der Waals surface area contributed by atoms with Gasteiger partial charge in [-0.2, -0.15) is 0 Å². The number of hydrogen-bond donors (Lipinski definition) is 0. The lowest BCUT2D eigenvalue weighted by atomic mass is 10.2. The Morgan fingerprint density at radius 1 is 1.15 bits per heavy atom. The summed E-state index contributed by atoms with van der Waals surface area (Å²) in [5.41, 5.74) is 0.676. The predicted octanol–water partition coefficient (Wildman–Crippen LogP) is -0.283. The molecule has 1 aromatic carbocycles. The van der Waals surface area contributed by atoms with Crippen molar-refractivity contribution in [3.63, 3.8) is 0 Å². The van der Waals surface area contributed by atoms with Crippen molar-refractivity contribution in [1.29, 1.82) is 0 Å². The number of piperazine rings is 1. The quantitative estimate of drug-likeness (QED) is 0.608. The monoisotopic (exact) mass is 416 g/mol. The van der Waals surface area contributed by atoms with Crippen LogP contribution < -0.4 is 4.74 Å². The topological polar surface area (TPSA) is 101 Å². The van der Waals surface area contributed by atoms with Crippen LogP contribution >= 0.6 is 0 Å². The number of methoxy groups -OCH3 is 1. The molecular weight excluding hydrogens is 392 g/mol. The number of ether oxygens (including phenoxy) is 1. The first-order valence-electron chi connectivity index (χ1n) is 8.70. The highest BCUT2D eigenvalue weighted by Crippen LogP contribution is 2.31. The van der Waals surface area contributed by atoms with Gasteiger partial charge in [0.2, 0.25) is 6.41 Å². The van der Waals surface area contributed by atoms with Crippen LogP contribution in [-0.4, -0.2) is 89.1 Å². The second-order valence-corrected chi connectivity index (χ2v) is 11.4. The van der Waals surface area contributed by atoms with Crippen molar-refractivity contribution in [2.24, 2.45) is 0 Å². The lowest BCUT2D eigenvalue weighted by molar-refractivity contribution is -0.119. The number of hydrogen-bond acceptors (Lipinski definition) is 7. The van der Waals surface area contributed by atoms with Gasteiger partial charge in [0.1, 0.15) is 5.75 Å². The molecule has 2 heterocycles. The molecule has 0 aromatic heterocycles. The summed E-state index contributed by atoms with van der Waals surface area (Å²) in [6.45, 7) is 3.61. The lowest BCUT2D eigenvalue weighted by Gasteiger charge is -2.38. The molecule has 2 fully saturated rings. The predicted molar refractivity (Wildman–Crippen MR) is 100 cm³/mol. The highest BCUT2D eigenvalue weighted by molar-refractivity contribution is 7.96. The number of amides is 1. The third-order valence-electron chi connectivity index (χ3n) is 5.33. The van der Waals surface area contributed by atoms with E-state index in [1.165, 1.54) is 19.2 Å². The fourth-order valence-corrected chi connectivity index (χ4v) is 8.72. The largest absolute Gasteiger partial charge is 0.496 e. The average molecular weight is 417 g/mol. The Kier molecular flexibility index (Phi) is 5.51. The van der Waals surface area contributed by atoms with Gasteiger partial charge in [-0.25, -0.2) is 16.8 Å². The van der Waals surface area contributed by atoms with Crippen molar-refractivity contribution in [1.82, 2.24) is 9.80 Å². The Balaban J connectivity index is 1.92. The molecule has 2 atom stereocenters. The van der Waals surface area contributed by atoms with E-state index in [4.69, 9.17) is 4.74 Å². The fraction of sp³-hybridized carbons (Fsp3) is 0.588. The van der Waals surface area contributed by atoms with Crippen LogP contribution in [0.1, 0.15) is 5.56 Å². The van der Waals surface area contributed by atoms with Gasteiger partial charge in [0.25, 0.3) is 0 Å². The minimum Gasteiger partial charge on any atom is -0.496 e. The van der Waals surface area contributed by atoms with Crippen molar-refractivity contribution >= 4 is 26.1 Å². The molecule has 150 valence electrons. The number of carbonyl (C=O) groups excluding carboxylic acids is 1. The number of benzene rings is 1. The lowest BCUT2D eigenvalue weighted by Crippen LogP contribution is -2.54. The Labute approximate surface area is 159 Å². The highest BCUT2D eigenvalue weighted by Gasteiger charge is 2.48. The summed E-state index contributed by atoms with van der Waals surface area (Å²) in [6.07, 6.45) is 0.761. The number of rotatable bonds is 5. The smallest absolute Gasteiger partial charge is 0.209 e. The Hall–Kier alpha value is -1.65. The van der Waals surface area contributed by atoms with Crippen LogP contribution in [0.25, 0.3) is 0 Å². The van der Waals surface area contributed by atoms with E-state index in [2.05, 4.69) is 0 Å². The maximum absolute atomic E-state index is 13.2. The zero-order valence-corrected chi connectivity index (χ0v) is 17.0. The summed E-state index contributed by atoms with van der Waals surface area (Å²) in [4.78, 5) is 14.5. The molecule has 8 nitrogen and oxygen atoms in total. The van der Waals surface area contributed by atoms with Crippen LogP contribution in [0.2, 0.25) is 0 Å². The molecule has 2 aliphatic rings. The zero-order valence-electron chi connectivity index (χ0n) is 15.4. The van der Waals surface area contributed by atoms with E-state index >= 15 is 0 Å². The molecular formula is C17H24N2O6S2. The number of nitrogens with zero attached hydrogens (tertiary/aromatic N) is 2. The highest BCUT2D eigenvalue weighted by atomic mass is 32.2. The first-order valence-corrected chi connectivity index (χ1v) is 12.1. The van der Waals surface area contributed by atoms with Gasteiger partial charge in [0.15, 0.2) is 19.7 Å². The third-order valence-corrected chi connectivity index (χ3v) is 9.45. The molecule has 0 saturated carbocycles. The van der Waals surface area contributed by atoms with Crippen molar-refractivity contribution in [3.8, 4) is 5.75 Å². The zero-order chi connectivity index (χ0) is 19.8. The van der Waals surface area contributed by atoms with Gasteiger partial charge in [-0.3, -0.25) is 9.69 Å². The first kappa shape index (κ1) is 20.1. The summed E-state index contributed by atoms with van der Waals surface area (Å²) in [5.74, 6) is 0.0288. The minimum atomic E-state index is -3.83. The second kappa shape index (κ2) is 7.40. The van der Waals surface area contributed by atoms with Crippen LogP contribution in [0.5, 0.6) is 5.75 Å². The van der Waals surface area contributed by atoms with Gasteiger partial charge in [-0.1, -0.05) is 0 Å². The van der Waals surface area contributed by atoms with E-state index in [0.717, 1.165) is 6.41 Å². The van der Waals surface area contributed by atoms with Gasteiger partial charge in [0.05, 0.1) is 28.8 Å². The summed E-state index contributed by atoms with van der Waals surface area (Å²) in [7, 11) is -5.78. The molecule has 0 radical (unpaired) electrons. The molecule has 0 N–H and O–H groups in total. The van der Waals surface area contributed by atoms with Crippen LogP contribution in [0.4, 0.5) is 0 Å². The Bertz CT molecular complexity index is 921. The van der Waals surface area contributed by atoms with Gasteiger partial charge < -0.3 is 9.64 Å². The summed E-state index contributed by atoms with van der Waals surface area (Å²) in [6, 6.07) is 3.98. The van der Waals surface area contributed by atoms with Gasteiger partial charge in [0, 0.05) is 32.2 Å². The van der Waals surface area contributed by atoms with E-state index < -0.39 is 31.0 Å². The number of sulfone groups is 2. The average Bonchev–Trinajstić information content (AvgIpc) is 2.98. The molecule has 1 amide bonds. The van der Waals surface area contributed by atoms with Gasteiger partial charge in [-0.15, -0.1) is 0 Å². The summed E-state index contributed by atoms with van der Waals surface area (Å²) in [5, 5.41) is -1.02. The Morgan fingerprint density at radius 2 is 1.81 bits per heavy atom. The summed E-state index contributed by atoms with van der Waals surface area (Å²) < 4.78 is 56.2. The molecule has 1 aromatic rings. The van der Waals surface area contributed by atoms with Crippen molar-refractivity contribution in [2.45, 2.75) is 23.1 Å². The molecule has 10 heteroatoms. The molecule has 2 saturated heterocycles. The normalized spacial score (nSPS) is 26.1. The molecule has 3 rings (SSSR count). The van der Waals surface area contributed by atoms with Crippen molar-refractivity contribution in [3.05, 3.63) is 23.8 Å². The molecule has 0 aliphatic carbocycles. The van der Waals surface area contributed by atoms with Crippen LogP contribution in [0, 0.1) is 6.92 Å². The van der Waals surface area contributed by atoms with Crippen molar-refractivity contribution in [2.75, 3.05) is 44.8 Å². The van der Waals surface area contributed by atoms with Crippen molar-refractivity contribution < 1.29 is 26.4 Å². The van der Waals surface area contributed by atoms with E-state index in [0.29, 0.717) is 37.5 Å². The molecule has 0 bridgehead atoms. The van der Waals surface area contributed by atoms with Crippen LogP contribution in [-0.2, 0) is 24.5 Å². The molecule has 0 unspecified atom stereocenters. The van der Waals surface area contributed by atoms with Crippen LogP contribution in [0.3, 0.4) is 0 Å². The van der Waals surface area contributed by atoms with E-state index in [1.54, 1.807) is 17.9 Å². The number of carbonyl (C=O) groups is 1. The molecule has 2 aliphatic heterocycles. The maximum atomic E-state index is 13.2. The first-order chi connectivity index (χ1) is 12.7. The maximum Gasteiger partial charge on any atom is 0.209 e. The molecule has 0 spiro atoms. The fourth-order valence-electron chi connectivity index (χ4n) is 3.81. The van der Waals surface area contributed by atoms with Crippen LogP contribution in [0.15, 0.2) is 23.1 Å². The Morgan fingerprint density at radius 3 is 2.37 bits per heavy atom. The summed E-state index contributed by atoms with van der Waals surface area (Å²) >= 11 is 0. The van der Waals surface area contributed by atoms with Gasteiger partial charge >= 0.3 is 0 Å². The van der Waals surface area contributed by atoms with Gasteiger partial charge in [-0.05, 0) is 30.7 Å². The van der Waals surface area contributed by atoms with E-state index in [-0.39, 0.29) is 16.4 Å². The standard InChI is InChI=1S/C17H24N2O6S2/c1-13-9-14(3-4-16(13)25-2)27(23,24)17-11-26(21,22)10-15(17)19-7-5-18(12-20)6-8-19/h3-4,9,12,15,17H,5-8,10-11H2,1-2H3/t15-,17-/m0/s1.